The maximum atomic E-state index is 9.02. The molecule has 3 aromatic rings. The summed E-state index contributed by atoms with van der Waals surface area (Å²) in [5.74, 6) is 2.25. The first-order valence-electron chi connectivity index (χ1n) is 8.06. The molecule has 0 aliphatic rings. The fourth-order valence-electron chi connectivity index (χ4n) is 2.60. The largest absolute Gasteiger partial charge is 0.457 e. The molecule has 3 rings (SSSR count). The van der Waals surface area contributed by atoms with Crippen LogP contribution < -0.4 is 5.32 Å². The molecule has 0 spiro atoms. The third-order valence-electron chi connectivity index (χ3n) is 4.01. The molecule has 23 heavy (non-hydrogen) atoms. The molecule has 1 atom stereocenters. The highest BCUT2D eigenvalue weighted by atomic mass is 32.1. The second-order valence-electron chi connectivity index (χ2n) is 5.67. The number of nitrogens with zero attached hydrogens (tertiary/aromatic N) is 1. The number of para-hydroxylation sites is 1. The summed E-state index contributed by atoms with van der Waals surface area (Å²) in [6.45, 7) is 4.00. The van der Waals surface area contributed by atoms with Gasteiger partial charge in [0.2, 0.25) is 0 Å². The van der Waals surface area contributed by atoms with Crippen molar-refractivity contribution in [1.29, 1.82) is 0 Å². The van der Waals surface area contributed by atoms with Crippen LogP contribution in [0, 0.1) is 5.92 Å². The Labute approximate surface area is 140 Å². The maximum Gasteiger partial charge on any atom is 0.163 e. The van der Waals surface area contributed by atoms with Gasteiger partial charge in [0.25, 0.3) is 0 Å². The smallest absolute Gasteiger partial charge is 0.163 e. The maximum absolute atomic E-state index is 9.02. The van der Waals surface area contributed by atoms with Gasteiger partial charge in [-0.25, -0.2) is 4.98 Å². The molecule has 0 saturated heterocycles. The lowest BCUT2D eigenvalue weighted by Gasteiger charge is -2.13. The lowest BCUT2D eigenvalue weighted by Crippen LogP contribution is -2.22. The normalized spacial score (nSPS) is 12.8. The van der Waals surface area contributed by atoms with E-state index in [4.69, 9.17) is 9.52 Å². The summed E-state index contributed by atoms with van der Waals surface area (Å²) in [5.41, 5.74) is 1.01. The monoisotopic (exact) mass is 330 g/mol. The summed E-state index contributed by atoms with van der Waals surface area (Å²) in [7, 11) is 0. The average molecular weight is 330 g/mol. The highest BCUT2D eigenvalue weighted by Gasteiger charge is 2.11. The quantitative estimate of drug-likeness (QED) is 0.654. The van der Waals surface area contributed by atoms with Crippen LogP contribution in [0.3, 0.4) is 0 Å². The Bertz CT molecular complexity index is 717. The molecule has 0 bridgehead atoms. The molecule has 0 radical (unpaired) electrons. The predicted octanol–water partition coefficient (Wildman–Crippen LogP) is 4.05. The van der Waals surface area contributed by atoms with E-state index in [0.717, 1.165) is 41.4 Å². The number of aliphatic hydroxyl groups excluding tert-OH is 1. The van der Waals surface area contributed by atoms with Crippen LogP contribution >= 0.6 is 11.3 Å². The molecule has 5 heteroatoms. The molecule has 2 N–H and O–H groups in total. The van der Waals surface area contributed by atoms with Gasteiger partial charge in [-0.15, -0.1) is 11.3 Å². The van der Waals surface area contributed by atoms with Crippen LogP contribution in [0.25, 0.3) is 21.0 Å². The second-order valence-corrected chi connectivity index (χ2v) is 6.70. The van der Waals surface area contributed by atoms with Gasteiger partial charge in [-0.1, -0.05) is 25.5 Å². The van der Waals surface area contributed by atoms with Crippen LogP contribution in [0.1, 0.15) is 25.5 Å². The van der Waals surface area contributed by atoms with Crippen molar-refractivity contribution in [2.75, 3.05) is 13.2 Å². The third kappa shape index (κ3) is 3.99. The summed E-state index contributed by atoms with van der Waals surface area (Å²) in [6.07, 6.45) is 1.92. The first-order chi connectivity index (χ1) is 11.3. The summed E-state index contributed by atoms with van der Waals surface area (Å²) in [6, 6.07) is 12.1. The van der Waals surface area contributed by atoms with E-state index < -0.39 is 0 Å². The number of furan rings is 1. The van der Waals surface area contributed by atoms with E-state index in [9.17, 15) is 0 Å². The van der Waals surface area contributed by atoms with Gasteiger partial charge in [0, 0.05) is 6.61 Å². The van der Waals surface area contributed by atoms with Gasteiger partial charge >= 0.3 is 0 Å². The summed E-state index contributed by atoms with van der Waals surface area (Å²) < 4.78 is 7.09. The molecule has 2 heterocycles. The predicted molar refractivity (Wildman–Crippen MR) is 94.5 cm³/mol. The fraction of sp³-hybridized carbons (Fsp3) is 0.389. The Morgan fingerprint density at radius 1 is 1.26 bits per heavy atom. The molecule has 0 saturated carbocycles. The molecule has 0 amide bonds. The van der Waals surface area contributed by atoms with Crippen LogP contribution in [0.15, 0.2) is 40.8 Å². The molecule has 1 unspecified atom stereocenters. The van der Waals surface area contributed by atoms with E-state index in [1.807, 2.05) is 30.3 Å². The van der Waals surface area contributed by atoms with Gasteiger partial charge < -0.3 is 14.8 Å². The average Bonchev–Trinajstić information content (AvgIpc) is 3.20. The van der Waals surface area contributed by atoms with Crippen molar-refractivity contribution in [2.45, 2.75) is 26.3 Å². The van der Waals surface area contributed by atoms with E-state index in [0.29, 0.717) is 12.5 Å². The number of aliphatic hydroxyl groups is 1. The van der Waals surface area contributed by atoms with Gasteiger partial charge in [0.1, 0.15) is 5.76 Å². The van der Waals surface area contributed by atoms with Crippen molar-refractivity contribution in [2.24, 2.45) is 5.92 Å². The van der Waals surface area contributed by atoms with Crippen molar-refractivity contribution >= 4 is 21.6 Å². The number of rotatable bonds is 8. The summed E-state index contributed by atoms with van der Waals surface area (Å²) >= 11 is 1.65. The van der Waals surface area contributed by atoms with E-state index in [-0.39, 0.29) is 6.61 Å². The van der Waals surface area contributed by atoms with Crippen LogP contribution in [0.2, 0.25) is 0 Å². The first-order valence-corrected chi connectivity index (χ1v) is 8.88. The minimum absolute atomic E-state index is 0.253. The van der Waals surface area contributed by atoms with Gasteiger partial charge in [0.05, 0.1) is 16.8 Å². The molecular formula is C18H22N2O2S. The van der Waals surface area contributed by atoms with E-state index in [2.05, 4.69) is 23.3 Å². The fourth-order valence-corrected chi connectivity index (χ4v) is 3.53. The van der Waals surface area contributed by atoms with Crippen molar-refractivity contribution in [3.63, 3.8) is 0 Å². The molecule has 0 aliphatic carbocycles. The Morgan fingerprint density at radius 3 is 2.91 bits per heavy atom. The minimum Gasteiger partial charge on any atom is -0.457 e. The molecule has 0 aliphatic heterocycles. The summed E-state index contributed by atoms with van der Waals surface area (Å²) in [5, 5.41) is 13.3. The highest BCUT2D eigenvalue weighted by Crippen LogP contribution is 2.31. The molecule has 122 valence electrons. The standard InChI is InChI=1S/C18H22N2O2S/c1-2-13(9-10-21)11-19-12-14-7-8-16(22-14)18-20-15-5-3-4-6-17(15)23-18/h3-8,13,19,21H,2,9-12H2,1H3. The Kier molecular flexibility index (Phi) is 5.43. The van der Waals surface area contributed by atoms with E-state index in [1.165, 1.54) is 4.70 Å². The zero-order valence-corrected chi connectivity index (χ0v) is 14.1. The van der Waals surface area contributed by atoms with Gasteiger partial charge in [-0.3, -0.25) is 0 Å². The molecule has 4 nitrogen and oxygen atoms in total. The Hall–Kier alpha value is -1.69. The van der Waals surface area contributed by atoms with Crippen molar-refractivity contribution < 1.29 is 9.52 Å². The van der Waals surface area contributed by atoms with Crippen molar-refractivity contribution in [1.82, 2.24) is 10.3 Å². The van der Waals surface area contributed by atoms with Crippen LogP contribution in [0.4, 0.5) is 0 Å². The number of hydrogen-bond acceptors (Lipinski definition) is 5. The van der Waals surface area contributed by atoms with E-state index >= 15 is 0 Å². The van der Waals surface area contributed by atoms with Crippen molar-refractivity contribution in [3.05, 3.63) is 42.2 Å². The van der Waals surface area contributed by atoms with Gasteiger partial charge in [-0.2, -0.15) is 0 Å². The molecule has 2 aromatic heterocycles. The molecule has 0 fully saturated rings. The van der Waals surface area contributed by atoms with Gasteiger partial charge in [-0.05, 0) is 43.1 Å². The van der Waals surface area contributed by atoms with Crippen LogP contribution in [-0.4, -0.2) is 23.2 Å². The third-order valence-corrected chi connectivity index (χ3v) is 5.06. The van der Waals surface area contributed by atoms with Crippen LogP contribution in [0.5, 0.6) is 0 Å². The molecular weight excluding hydrogens is 308 g/mol. The Balaban J connectivity index is 1.61. The second kappa shape index (κ2) is 7.73. The number of thiazole rings is 1. The Morgan fingerprint density at radius 2 is 2.13 bits per heavy atom. The summed E-state index contributed by atoms with van der Waals surface area (Å²) in [4.78, 5) is 4.62. The van der Waals surface area contributed by atoms with Gasteiger partial charge in [0.15, 0.2) is 10.8 Å². The first kappa shape index (κ1) is 16.2. The number of hydrogen-bond donors (Lipinski definition) is 2. The zero-order chi connectivity index (χ0) is 16.1. The lowest BCUT2D eigenvalue weighted by atomic mass is 10.0. The number of fused-ring (bicyclic) bond motifs is 1. The SMILES string of the molecule is CCC(CCO)CNCc1ccc(-c2nc3ccccc3s2)o1. The number of benzene rings is 1. The van der Waals surface area contributed by atoms with Crippen molar-refractivity contribution in [3.8, 4) is 10.8 Å². The zero-order valence-electron chi connectivity index (χ0n) is 13.3. The number of aromatic nitrogens is 1. The topological polar surface area (TPSA) is 58.3 Å². The minimum atomic E-state index is 0.253. The molecule has 1 aromatic carbocycles. The van der Waals surface area contributed by atoms with E-state index in [1.54, 1.807) is 11.3 Å². The number of nitrogens with one attached hydrogen (secondary N) is 1. The lowest BCUT2D eigenvalue weighted by molar-refractivity contribution is 0.250. The van der Waals surface area contributed by atoms with Crippen LogP contribution in [-0.2, 0) is 6.54 Å². The highest BCUT2D eigenvalue weighted by molar-refractivity contribution is 7.21.